The number of nitrogens with one attached hydrogen (secondary N) is 1. The van der Waals surface area contributed by atoms with Crippen LogP contribution in [-0.2, 0) is 4.74 Å². The number of para-hydroxylation sites is 1. The first kappa shape index (κ1) is 12.0. The maximum absolute atomic E-state index is 5.75. The molecule has 0 saturated heterocycles. The quantitative estimate of drug-likeness (QED) is 0.741. The molecule has 0 amide bonds. The monoisotopic (exact) mass is 251 g/mol. The van der Waals surface area contributed by atoms with Crippen LogP contribution in [0.5, 0.6) is 0 Å². The highest BCUT2D eigenvalue weighted by atomic mass is 16.5. The third kappa shape index (κ3) is 2.04. The Hall–Kier alpha value is -2.06. The standard InChI is InChI=1S/C17H17NO/c1-12-16(14-10-6-7-11-15(14)18-12)17(19-2)13-8-4-3-5-9-13/h3-11,17-18H,1-2H3. The molecule has 1 unspecified atom stereocenters. The number of aromatic nitrogens is 1. The van der Waals surface area contributed by atoms with E-state index in [1.54, 1.807) is 7.11 Å². The molecule has 96 valence electrons. The fraction of sp³-hybridized carbons (Fsp3) is 0.176. The van der Waals surface area contributed by atoms with Gasteiger partial charge in [-0.2, -0.15) is 0 Å². The van der Waals surface area contributed by atoms with Crippen molar-refractivity contribution in [3.63, 3.8) is 0 Å². The molecule has 19 heavy (non-hydrogen) atoms. The molecule has 0 saturated carbocycles. The van der Waals surface area contributed by atoms with Gasteiger partial charge in [-0.05, 0) is 18.6 Å². The van der Waals surface area contributed by atoms with Crippen molar-refractivity contribution in [2.45, 2.75) is 13.0 Å². The van der Waals surface area contributed by atoms with Crippen molar-refractivity contribution in [2.75, 3.05) is 7.11 Å². The van der Waals surface area contributed by atoms with Crippen molar-refractivity contribution in [1.29, 1.82) is 0 Å². The van der Waals surface area contributed by atoms with Crippen LogP contribution in [0.4, 0.5) is 0 Å². The summed E-state index contributed by atoms with van der Waals surface area (Å²) in [4.78, 5) is 3.43. The minimum absolute atomic E-state index is 0.0302. The molecule has 0 aliphatic rings. The van der Waals surface area contributed by atoms with Gasteiger partial charge in [0.05, 0.1) is 0 Å². The molecule has 0 bridgehead atoms. The van der Waals surface area contributed by atoms with E-state index in [2.05, 4.69) is 42.2 Å². The average molecular weight is 251 g/mol. The zero-order valence-corrected chi connectivity index (χ0v) is 11.2. The molecule has 0 aliphatic heterocycles. The highest BCUT2D eigenvalue weighted by molar-refractivity contribution is 5.85. The van der Waals surface area contributed by atoms with Gasteiger partial charge in [-0.15, -0.1) is 0 Å². The number of aromatic amines is 1. The topological polar surface area (TPSA) is 25.0 Å². The van der Waals surface area contributed by atoms with Gasteiger partial charge in [0.15, 0.2) is 0 Å². The van der Waals surface area contributed by atoms with Crippen molar-refractivity contribution in [3.05, 3.63) is 71.4 Å². The van der Waals surface area contributed by atoms with E-state index >= 15 is 0 Å². The molecule has 0 fully saturated rings. The SMILES string of the molecule is COC(c1ccccc1)c1c(C)[nH]c2ccccc12. The minimum atomic E-state index is -0.0302. The van der Waals surface area contributed by atoms with Crippen LogP contribution in [0.25, 0.3) is 10.9 Å². The van der Waals surface area contributed by atoms with E-state index in [0.717, 1.165) is 11.2 Å². The molecule has 0 spiro atoms. The highest BCUT2D eigenvalue weighted by Gasteiger charge is 2.19. The summed E-state index contributed by atoms with van der Waals surface area (Å²) in [5.74, 6) is 0. The fourth-order valence-electron chi connectivity index (χ4n) is 2.68. The van der Waals surface area contributed by atoms with Gasteiger partial charge in [0.2, 0.25) is 0 Å². The third-order valence-corrected chi connectivity index (χ3v) is 3.54. The summed E-state index contributed by atoms with van der Waals surface area (Å²) in [7, 11) is 1.76. The first-order valence-electron chi connectivity index (χ1n) is 6.46. The Bertz CT molecular complexity index is 685. The van der Waals surface area contributed by atoms with Crippen molar-refractivity contribution in [1.82, 2.24) is 4.98 Å². The van der Waals surface area contributed by atoms with Crippen molar-refractivity contribution < 1.29 is 4.74 Å². The van der Waals surface area contributed by atoms with Crippen molar-refractivity contribution in [2.24, 2.45) is 0 Å². The molecule has 1 N–H and O–H groups in total. The predicted molar refractivity (Wildman–Crippen MR) is 78.3 cm³/mol. The second-order valence-corrected chi connectivity index (χ2v) is 4.74. The molecule has 0 aliphatic carbocycles. The normalized spacial score (nSPS) is 12.7. The van der Waals surface area contributed by atoms with E-state index in [4.69, 9.17) is 4.74 Å². The average Bonchev–Trinajstić information content (AvgIpc) is 2.78. The maximum Gasteiger partial charge on any atom is 0.109 e. The van der Waals surface area contributed by atoms with Crippen LogP contribution in [0, 0.1) is 6.92 Å². The lowest BCUT2D eigenvalue weighted by molar-refractivity contribution is 0.137. The van der Waals surface area contributed by atoms with E-state index in [-0.39, 0.29) is 6.10 Å². The van der Waals surface area contributed by atoms with Crippen molar-refractivity contribution >= 4 is 10.9 Å². The molecule has 2 heteroatoms. The van der Waals surface area contributed by atoms with E-state index in [0.29, 0.717) is 0 Å². The Morgan fingerprint density at radius 2 is 1.63 bits per heavy atom. The Kier molecular flexibility index (Phi) is 3.10. The summed E-state index contributed by atoms with van der Waals surface area (Å²) in [5.41, 5.74) is 4.73. The van der Waals surface area contributed by atoms with Crippen LogP contribution in [-0.4, -0.2) is 12.1 Å². The van der Waals surface area contributed by atoms with Gasteiger partial charge in [-0.1, -0.05) is 48.5 Å². The molecular formula is C17H17NO. The van der Waals surface area contributed by atoms with E-state index in [1.807, 2.05) is 24.3 Å². The first-order chi connectivity index (χ1) is 9.31. The number of ether oxygens (including phenoxy) is 1. The predicted octanol–water partition coefficient (Wildman–Crippen LogP) is 4.21. The first-order valence-corrected chi connectivity index (χ1v) is 6.46. The molecule has 1 aromatic heterocycles. The number of fused-ring (bicyclic) bond motifs is 1. The Morgan fingerprint density at radius 1 is 0.947 bits per heavy atom. The zero-order valence-electron chi connectivity index (χ0n) is 11.2. The van der Waals surface area contributed by atoms with Gasteiger partial charge in [0.25, 0.3) is 0 Å². The summed E-state index contributed by atoms with van der Waals surface area (Å²) in [6, 6.07) is 18.7. The summed E-state index contributed by atoms with van der Waals surface area (Å²) in [6.07, 6.45) is -0.0302. The van der Waals surface area contributed by atoms with Crippen LogP contribution < -0.4 is 0 Å². The highest BCUT2D eigenvalue weighted by Crippen LogP contribution is 2.33. The van der Waals surface area contributed by atoms with Gasteiger partial charge < -0.3 is 9.72 Å². The maximum atomic E-state index is 5.75. The summed E-state index contributed by atoms with van der Waals surface area (Å²) < 4.78 is 5.75. The molecule has 1 atom stereocenters. The van der Waals surface area contributed by atoms with Gasteiger partial charge in [0.1, 0.15) is 6.10 Å². The molecule has 1 heterocycles. The van der Waals surface area contributed by atoms with Crippen LogP contribution in [0.15, 0.2) is 54.6 Å². The van der Waals surface area contributed by atoms with Crippen molar-refractivity contribution in [3.8, 4) is 0 Å². The second-order valence-electron chi connectivity index (χ2n) is 4.74. The van der Waals surface area contributed by atoms with Crippen LogP contribution >= 0.6 is 0 Å². The van der Waals surface area contributed by atoms with E-state index in [9.17, 15) is 0 Å². The fourth-order valence-corrected chi connectivity index (χ4v) is 2.68. The molecule has 2 nitrogen and oxygen atoms in total. The lowest BCUT2D eigenvalue weighted by atomic mass is 9.98. The molecule has 3 rings (SSSR count). The largest absolute Gasteiger partial charge is 0.372 e. The number of aryl methyl sites for hydroxylation is 1. The van der Waals surface area contributed by atoms with Crippen LogP contribution in [0.3, 0.4) is 0 Å². The lowest BCUT2D eigenvalue weighted by Gasteiger charge is -2.16. The van der Waals surface area contributed by atoms with Gasteiger partial charge in [0, 0.05) is 29.3 Å². The second kappa shape index (κ2) is 4.90. The number of hydrogen-bond donors (Lipinski definition) is 1. The Morgan fingerprint density at radius 3 is 2.37 bits per heavy atom. The van der Waals surface area contributed by atoms with Gasteiger partial charge in [-0.3, -0.25) is 0 Å². The molecule has 3 aromatic rings. The third-order valence-electron chi connectivity index (χ3n) is 3.54. The lowest BCUT2D eigenvalue weighted by Crippen LogP contribution is -2.04. The van der Waals surface area contributed by atoms with Gasteiger partial charge >= 0.3 is 0 Å². The summed E-state index contributed by atoms with van der Waals surface area (Å²) in [5, 5.41) is 1.23. The van der Waals surface area contributed by atoms with E-state index < -0.39 is 0 Å². The molecule has 0 radical (unpaired) electrons. The molecule has 2 aromatic carbocycles. The number of rotatable bonds is 3. The Labute approximate surface area is 113 Å². The minimum Gasteiger partial charge on any atom is -0.372 e. The smallest absolute Gasteiger partial charge is 0.109 e. The van der Waals surface area contributed by atoms with E-state index in [1.165, 1.54) is 16.5 Å². The number of methoxy groups -OCH3 is 1. The summed E-state index contributed by atoms with van der Waals surface area (Å²) in [6.45, 7) is 2.10. The Balaban J connectivity index is 2.19. The van der Waals surface area contributed by atoms with Crippen LogP contribution in [0.2, 0.25) is 0 Å². The number of benzene rings is 2. The number of H-pyrrole nitrogens is 1. The zero-order chi connectivity index (χ0) is 13.2. The van der Waals surface area contributed by atoms with Crippen LogP contribution in [0.1, 0.15) is 22.9 Å². The molecular weight excluding hydrogens is 234 g/mol. The summed E-state index contributed by atoms with van der Waals surface area (Å²) >= 11 is 0. The van der Waals surface area contributed by atoms with Gasteiger partial charge in [-0.25, -0.2) is 0 Å². The number of hydrogen-bond acceptors (Lipinski definition) is 1.